The number of rotatable bonds is 6. The number of nitrogens with zero attached hydrogens (tertiary/aromatic N) is 3. The molecular formula is C13H17BrClN5. The summed E-state index contributed by atoms with van der Waals surface area (Å²) in [6.45, 7) is 2.95. The molecule has 20 heavy (non-hydrogen) atoms. The average Bonchev–Trinajstić information content (AvgIpc) is 2.87. The summed E-state index contributed by atoms with van der Waals surface area (Å²) < 4.78 is 2.75. The van der Waals surface area contributed by atoms with Crippen LogP contribution >= 0.6 is 27.5 Å². The average molecular weight is 359 g/mol. The van der Waals surface area contributed by atoms with Crippen molar-refractivity contribution < 1.29 is 0 Å². The number of aryl methyl sites for hydroxylation is 1. The SMILES string of the molecule is CCCn1ncnc1CC(NN)c1cccc(Br)c1Cl. The second kappa shape index (κ2) is 7.17. The first-order chi connectivity index (χ1) is 9.67. The molecule has 0 saturated heterocycles. The van der Waals surface area contributed by atoms with E-state index in [0.717, 1.165) is 28.8 Å². The molecule has 5 nitrogen and oxygen atoms in total. The van der Waals surface area contributed by atoms with Gasteiger partial charge in [-0.1, -0.05) is 30.7 Å². The molecule has 2 aromatic rings. The van der Waals surface area contributed by atoms with Crippen LogP contribution in [-0.4, -0.2) is 14.8 Å². The maximum absolute atomic E-state index is 6.32. The first kappa shape index (κ1) is 15.4. The number of benzene rings is 1. The van der Waals surface area contributed by atoms with Crippen molar-refractivity contribution in [3.8, 4) is 0 Å². The van der Waals surface area contributed by atoms with Gasteiger partial charge in [-0.25, -0.2) is 4.98 Å². The van der Waals surface area contributed by atoms with Gasteiger partial charge in [0.05, 0.1) is 11.1 Å². The van der Waals surface area contributed by atoms with Crippen molar-refractivity contribution in [1.82, 2.24) is 20.2 Å². The van der Waals surface area contributed by atoms with E-state index in [1.807, 2.05) is 22.9 Å². The fraction of sp³-hybridized carbons (Fsp3) is 0.385. The number of nitrogens with one attached hydrogen (secondary N) is 1. The van der Waals surface area contributed by atoms with Crippen molar-refractivity contribution in [2.24, 2.45) is 5.84 Å². The van der Waals surface area contributed by atoms with E-state index in [0.29, 0.717) is 11.4 Å². The Balaban J connectivity index is 2.24. The number of aromatic nitrogens is 3. The summed E-state index contributed by atoms with van der Waals surface area (Å²) in [4.78, 5) is 4.30. The van der Waals surface area contributed by atoms with Crippen molar-refractivity contribution in [1.29, 1.82) is 0 Å². The summed E-state index contributed by atoms with van der Waals surface area (Å²) >= 11 is 9.75. The van der Waals surface area contributed by atoms with Gasteiger partial charge in [-0.15, -0.1) is 0 Å². The normalized spacial score (nSPS) is 12.6. The zero-order valence-corrected chi connectivity index (χ0v) is 13.5. The van der Waals surface area contributed by atoms with Gasteiger partial charge in [0.15, 0.2) is 0 Å². The molecule has 2 rings (SSSR count). The fourth-order valence-corrected chi connectivity index (χ4v) is 2.71. The highest BCUT2D eigenvalue weighted by molar-refractivity contribution is 9.10. The van der Waals surface area contributed by atoms with E-state index in [-0.39, 0.29) is 6.04 Å². The highest BCUT2D eigenvalue weighted by atomic mass is 79.9. The molecule has 0 aliphatic rings. The Morgan fingerprint density at radius 1 is 1.50 bits per heavy atom. The van der Waals surface area contributed by atoms with Crippen molar-refractivity contribution in [2.75, 3.05) is 0 Å². The number of halogens is 2. The van der Waals surface area contributed by atoms with Crippen LogP contribution in [0.3, 0.4) is 0 Å². The third-order valence-electron chi connectivity index (χ3n) is 3.08. The lowest BCUT2D eigenvalue weighted by Gasteiger charge is -2.18. The summed E-state index contributed by atoms with van der Waals surface area (Å²) in [5.74, 6) is 6.58. The van der Waals surface area contributed by atoms with Crippen molar-refractivity contribution in [2.45, 2.75) is 32.4 Å². The van der Waals surface area contributed by atoms with E-state index in [9.17, 15) is 0 Å². The second-order valence-electron chi connectivity index (χ2n) is 4.47. The van der Waals surface area contributed by atoms with Gasteiger partial charge >= 0.3 is 0 Å². The quantitative estimate of drug-likeness (QED) is 0.615. The summed E-state index contributed by atoms with van der Waals surface area (Å²) in [7, 11) is 0. The predicted molar refractivity (Wildman–Crippen MR) is 83.2 cm³/mol. The van der Waals surface area contributed by atoms with Gasteiger partial charge in [-0.3, -0.25) is 16.0 Å². The zero-order valence-electron chi connectivity index (χ0n) is 11.2. The molecule has 0 amide bonds. The minimum absolute atomic E-state index is 0.111. The second-order valence-corrected chi connectivity index (χ2v) is 5.70. The minimum atomic E-state index is -0.111. The van der Waals surface area contributed by atoms with Gasteiger partial charge in [0.2, 0.25) is 0 Å². The van der Waals surface area contributed by atoms with Crippen LogP contribution in [0.4, 0.5) is 0 Å². The van der Waals surface area contributed by atoms with E-state index >= 15 is 0 Å². The van der Waals surface area contributed by atoms with Gasteiger partial charge in [0, 0.05) is 17.4 Å². The largest absolute Gasteiger partial charge is 0.271 e. The number of hydrogen-bond acceptors (Lipinski definition) is 4. The van der Waals surface area contributed by atoms with Gasteiger partial charge in [0.25, 0.3) is 0 Å². The highest BCUT2D eigenvalue weighted by Crippen LogP contribution is 2.31. The summed E-state index contributed by atoms with van der Waals surface area (Å²) in [6.07, 6.45) is 3.21. The van der Waals surface area contributed by atoms with Crippen LogP contribution in [0.15, 0.2) is 29.0 Å². The molecule has 0 radical (unpaired) electrons. The molecule has 1 atom stereocenters. The van der Waals surface area contributed by atoms with Crippen LogP contribution < -0.4 is 11.3 Å². The number of hydrogen-bond donors (Lipinski definition) is 2. The lowest BCUT2D eigenvalue weighted by molar-refractivity contribution is 0.499. The maximum atomic E-state index is 6.32. The monoisotopic (exact) mass is 357 g/mol. The Kier molecular flexibility index (Phi) is 5.54. The van der Waals surface area contributed by atoms with Gasteiger partial charge in [-0.05, 0) is 34.0 Å². The molecular weight excluding hydrogens is 342 g/mol. The standard InChI is InChI=1S/C13H17BrClN5/c1-2-6-20-12(17-8-18-20)7-11(19-16)9-4-3-5-10(14)13(9)15/h3-5,8,11,19H,2,6-7,16H2,1H3. The number of hydrazine groups is 1. The highest BCUT2D eigenvalue weighted by Gasteiger charge is 2.18. The first-order valence-electron chi connectivity index (χ1n) is 6.44. The lowest BCUT2D eigenvalue weighted by Crippen LogP contribution is -2.30. The first-order valence-corrected chi connectivity index (χ1v) is 7.61. The third kappa shape index (κ3) is 3.38. The van der Waals surface area contributed by atoms with E-state index < -0.39 is 0 Å². The van der Waals surface area contributed by atoms with Crippen LogP contribution in [0.1, 0.15) is 30.8 Å². The maximum Gasteiger partial charge on any atom is 0.138 e. The van der Waals surface area contributed by atoms with Crippen molar-refractivity contribution in [3.63, 3.8) is 0 Å². The van der Waals surface area contributed by atoms with Crippen LogP contribution in [-0.2, 0) is 13.0 Å². The molecule has 3 N–H and O–H groups in total. The topological polar surface area (TPSA) is 68.8 Å². The van der Waals surface area contributed by atoms with Crippen LogP contribution in [0, 0.1) is 0 Å². The lowest BCUT2D eigenvalue weighted by atomic mass is 10.0. The molecule has 0 aliphatic heterocycles. The van der Waals surface area contributed by atoms with E-state index in [1.54, 1.807) is 6.33 Å². The van der Waals surface area contributed by atoms with E-state index in [4.69, 9.17) is 17.4 Å². The van der Waals surface area contributed by atoms with Crippen LogP contribution in [0.25, 0.3) is 0 Å². The summed E-state index contributed by atoms with van der Waals surface area (Å²) in [6, 6.07) is 5.68. The zero-order chi connectivity index (χ0) is 14.5. The van der Waals surface area contributed by atoms with Crippen molar-refractivity contribution in [3.05, 3.63) is 45.4 Å². The summed E-state index contributed by atoms with van der Waals surface area (Å²) in [5, 5.41) is 4.89. The van der Waals surface area contributed by atoms with Crippen molar-refractivity contribution >= 4 is 27.5 Å². The molecule has 0 aliphatic carbocycles. The number of nitrogens with two attached hydrogens (primary N) is 1. The smallest absolute Gasteiger partial charge is 0.138 e. The molecule has 0 fully saturated rings. The van der Waals surface area contributed by atoms with Crippen LogP contribution in [0.2, 0.25) is 5.02 Å². The fourth-order valence-electron chi connectivity index (χ4n) is 2.08. The van der Waals surface area contributed by atoms with Gasteiger partial charge < -0.3 is 0 Å². The molecule has 0 saturated carbocycles. The van der Waals surface area contributed by atoms with E-state index in [1.165, 1.54) is 0 Å². The Labute approximate surface area is 131 Å². The Bertz CT molecular complexity index is 572. The molecule has 1 aromatic carbocycles. The predicted octanol–water partition coefficient (Wildman–Crippen LogP) is 2.85. The Hall–Kier alpha value is -0.950. The van der Waals surface area contributed by atoms with Crippen LogP contribution in [0.5, 0.6) is 0 Å². The molecule has 1 aromatic heterocycles. The molecule has 108 valence electrons. The van der Waals surface area contributed by atoms with Gasteiger partial charge in [0.1, 0.15) is 12.2 Å². The Morgan fingerprint density at radius 3 is 3.00 bits per heavy atom. The third-order valence-corrected chi connectivity index (χ3v) is 4.39. The van der Waals surface area contributed by atoms with E-state index in [2.05, 4.69) is 38.4 Å². The molecule has 0 bridgehead atoms. The minimum Gasteiger partial charge on any atom is -0.271 e. The molecule has 1 unspecified atom stereocenters. The summed E-state index contributed by atoms with van der Waals surface area (Å²) in [5.41, 5.74) is 3.75. The molecule has 7 heteroatoms. The Morgan fingerprint density at radius 2 is 2.30 bits per heavy atom. The molecule has 0 spiro atoms. The molecule has 1 heterocycles. The van der Waals surface area contributed by atoms with Gasteiger partial charge in [-0.2, -0.15) is 5.10 Å².